The van der Waals surface area contributed by atoms with E-state index in [1.165, 1.54) is 7.11 Å². The second-order valence-corrected chi connectivity index (χ2v) is 5.21. The number of rotatable bonds is 6. The third-order valence-corrected chi connectivity index (χ3v) is 3.82. The predicted octanol–water partition coefficient (Wildman–Crippen LogP) is 1.37. The van der Waals surface area contributed by atoms with Crippen LogP contribution >= 0.6 is 0 Å². The number of nitrogens with one attached hydrogen (secondary N) is 1. The summed E-state index contributed by atoms with van der Waals surface area (Å²) in [6, 6.07) is -1.27. The number of nitrogens with zero attached hydrogens (tertiary/aromatic N) is 1. The van der Waals surface area contributed by atoms with Gasteiger partial charge in [0, 0.05) is 19.0 Å². The highest BCUT2D eigenvalue weighted by Crippen LogP contribution is 2.19. The van der Waals surface area contributed by atoms with Crippen molar-refractivity contribution < 1.29 is 24.2 Å². The number of methoxy groups -OCH3 is 1. The Hall–Kier alpha value is -1.79. The lowest BCUT2D eigenvalue weighted by atomic mass is 10.0. The van der Waals surface area contributed by atoms with E-state index < -0.39 is 18.0 Å². The molecule has 1 aliphatic heterocycles. The normalized spacial score (nSPS) is 19.7. The summed E-state index contributed by atoms with van der Waals surface area (Å²) in [4.78, 5) is 36.2. The maximum atomic E-state index is 12.2. The molecule has 120 valence electrons. The number of ether oxygens (including phenoxy) is 1. The fourth-order valence-electron chi connectivity index (χ4n) is 2.55. The van der Waals surface area contributed by atoms with E-state index in [0.717, 1.165) is 25.7 Å². The Morgan fingerprint density at radius 2 is 2.10 bits per heavy atom. The Bertz CT molecular complexity index is 386. The van der Waals surface area contributed by atoms with Crippen molar-refractivity contribution in [1.82, 2.24) is 10.2 Å². The van der Waals surface area contributed by atoms with Crippen LogP contribution in [-0.2, 0) is 14.3 Å². The summed E-state index contributed by atoms with van der Waals surface area (Å²) in [6.45, 7) is 2.66. The average molecular weight is 300 g/mol. The first-order valence-electron chi connectivity index (χ1n) is 7.36. The van der Waals surface area contributed by atoms with Crippen LogP contribution in [0.3, 0.4) is 0 Å². The Balaban J connectivity index is 2.58. The summed E-state index contributed by atoms with van der Waals surface area (Å²) in [7, 11) is 1.25. The quantitative estimate of drug-likeness (QED) is 0.722. The molecule has 1 unspecified atom stereocenters. The minimum absolute atomic E-state index is 0.0262. The van der Waals surface area contributed by atoms with E-state index in [-0.39, 0.29) is 24.9 Å². The molecule has 0 aromatic carbocycles. The van der Waals surface area contributed by atoms with E-state index in [9.17, 15) is 14.4 Å². The van der Waals surface area contributed by atoms with Crippen molar-refractivity contribution in [2.45, 2.75) is 57.5 Å². The summed E-state index contributed by atoms with van der Waals surface area (Å²) in [5.41, 5.74) is 0. The van der Waals surface area contributed by atoms with Gasteiger partial charge in [-0.25, -0.2) is 9.59 Å². The van der Waals surface area contributed by atoms with Crippen LogP contribution in [0.4, 0.5) is 4.79 Å². The highest BCUT2D eigenvalue weighted by atomic mass is 16.5. The zero-order chi connectivity index (χ0) is 15.8. The van der Waals surface area contributed by atoms with E-state index in [0.29, 0.717) is 6.54 Å². The van der Waals surface area contributed by atoms with Gasteiger partial charge in [-0.15, -0.1) is 0 Å². The molecule has 0 aromatic rings. The molecule has 0 bridgehead atoms. The number of piperidine rings is 1. The van der Waals surface area contributed by atoms with E-state index in [1.54, 1.807) is 4.90 Å². The number of carboxylic acid groups (broad SMARTS) is 1. The van der Waals surface area contributed by atoms with Crippen LogP contribution in [0.2, 0.25) is 0 Å². The summed E-state index contributed by atoms with van der Waals surface area (Å²) in [5, 5.41) is 11.7. The average Bonchev–Trinajstić information content (AvgIpc) is 2.50. The van der Waals surface area contributed by atoms with Gasteiger partial charge in [0.2, 0.25) is 0 Å². The zero-order valence-electron chi connectivity index (χ0n) is 12.6. The lowest BCUT2D eigenvalue weighted by molar-refractivity contribution is -0.142. The van der Waals surface area contributed by atoms with Crippen molar-refractivity contribution in [3.63, 3.8) is 0 Å². The monoisotopic (exact) mass is 300 g/mol. The van der Waals surface area contributed by atoms with Crippen molar-refractivity contribution in [1.29, 1.82) is 0 Å². The van der Waals surface area contributed by atoms with Gasteiger partial charge in [0.15, 0.2) is 0 Å². The lowest BCUT2D eigenvalue weighted by Crippen LogP contribution is -2.52. The van der Waals surface area contributed by atoms with Gasteiger partial charge in [-0.2, -0.15) is 0 Å². The fraction of sp³-hybridized carbons (Fsp3) is 0.786. The first kappa shape index (κ1) is 17.3. The number of likely N-dealkylation sites (tertiary alicyclic amines) is 1. The molecule has 21 heavy (non-hydrogen) atoms. The van der Waals surface area contributed by atoms with Crippen molar-refractivity contribution in [2.75, 3.05) is 13.7 Å². The fourth-order valence-corrected chi connectivity index (χ4v) is 2.55. The molecule has 0 aliphatic carbocycles. The maximum Gasteiger partial charge on any atom is 0.326 e. The largest absolute Gasteiger partial charge is 0.480 e. The van der Waals surface area contributed by atoms with Gasteiger partial charge in [-0.3, -0.25) is 4.79 Å². The second kappa shape index (κ2) is 8.49. The minimum atomic E-state index is -1.14. The highest BCUT2D eigenvalue weighted by molar-refractivity contribution is 5.83. The van der Waals surface area contributed by atoms with E-state index in [2.05, 4.69) is 10.1 Å². The van der Waals surface area contributed by atoms with Gasteiger partial charge in [0.05, 0.1) is 7.11 Å². The van der Waals surface area contributed by atoms with Crippen molar-refractivity contribution >= 4 is 18.0 Å². The molecule has 7 nitrogen and oxygen atoms in total. The van der Waals surface area contributed by atoms with Crippen molar-refractivity contribution in [2.24, 2.45) is 0 Å². The molecule has 0 saturated carbocycles. The van der Waals surface area contributed by atoms with Gasteiger partial charge in [0.1, 0.15) is 6.04 Å². The first-order chi connectivity index (χ1) is 9.99. The predicted molar refractivity (Wildman–Crippen MR) is 75.8 cm³/mol. The van der Waals surface area contributed by atoms with Crippen molar-refractivity contribution in [3.05, 3.63) is 0 Å². The van der Waals surface area contributed by atoms with Gasteiger partial charge >= 0.3 is 18.0 Å². The summed E-state index contributed by atoms with van der Waals surface area (Å²) >= 11 is 0. The molecule has 0 radical (unpaired) electrons. The Kier molecular flexibility index (Phi) is 6.98. The zero-order valence-corrected chi connectivity index (χ0v) is 12.6. The van der Waals surface area contributed by atoms with Crippen LogP contribution in [-0.4, -0.2) is 53.7 Å². The van der Waals surface area contributed by atoms with E-state index >= 15 is 0 Å². The van der Waals surface area contributed by atoms with Crippen LogP contribution in [0.25, 0.3) is 0 Å². The topological polar surface area (TPSA) is 95.9 Å². The molecule has 1 rings (SSSR count). The smallest absolute Gasteiger partial charge is 0.326 e. The third-order valence-electron chi connectivity index (χ3n) is 3.82. The van der Waals surface area contributed by atoms with Crippen LogP contribution in [0.15, 0.2) is 0 Å². The summed E-state index contributed by atoms with van der Waals surface area (Å²) in [5.74, 6) is -1.63. The number of aliphatic carboxylic acids is 1. The van der Waals surface area contributed by atoms with Gasteiger partial charge in [0.25, 0.3) is 0 Å². The van der Waals surface area contributed by atoms with Crippen LogP contribution in [0.1, 0.15) is 45.4 Å². The molecular formula is C14H24N2O5. The molecule has 1 aliphatic rings. The number of esters is 1. The van der Waals surface area contributed by atoms with Crippen molar-refractivity contribution in [3.8, 4) is 0 Å². The molecular weight excluding hydrogens is 276 g/mol. The molecule has 1 saturated heterocycles. The van der Waals surface area contributed by atoms with E-state index in [4.69, 9.17) is 5.11 Å². The van der Waals surface area contributed by atoms with E-state index in [1.807, 2.05) is 6.92 Å². The first-order valence-corrected chi connectivity index (χ1v) is 7.36. The van der Waals surface area contributed by atoms with Gasteiger partial charge in [-0.1, -0.05) is 6.92 Å². The summed E-state index contributed by atoms with van der Waals surface area (Å²) < 4.78 is 4.48. The molecule has 1 heterocycles. The number of urea groups is 1. The minimum Gasteiger partial charge on any atom is -0.480 e. The molecule has 2 N–H and O–H groups in total. The molecule has 2 atom stereocenters. The number of carboxylic acids is 1. The number of hydrogen-bond acceptors (Lipinski definition) is 4. The SMILES string of the molecule is CCC1CCCCN1C(=O)N[C@H](CCC(=O)OC)C(=O)O. The number of amides is 2. The second-order valence-electron chi connectivity index (χ2n) is 5.21. The Labute approximate surface area is 124 Å². The molecule has 0 spiro atoms. The third kappa shape index (κ3) is 5.24. The molecule has 2 amide bonds. The lowest BCUT2D eigenvalue weighted by Gasteiger charge is -2.35. The Morgan fingerprint density at radius 1 is 1.38 bits per heavy atom. The molecule has 1 fully saturated rings. The number of carbonyl (C=O) groups excluding carboxylic acids is 2. The molecule has 7 heteroatoms. The van der Waals surface area contributed by atoms with Crippen LogP contribution < -0.4 is 5.32 Å². The number of hydrogen-bond donors (Lipinski definition) is 2. The summed E-state index contributed by atoms with van der Waals surface area (Å²) in [6.07, 6.45) is 3.82. The standard InChI is InChI=1S/C14H24N2O5/c1-3-10-6-4-5-9-16(10)14(20)15-11(13(18)19)7-8-12(17)21-2/h10-11H,3-9H2,1-2H3,(H,15,20)(H,18,19)/t10?,11-/m1/s1. The Morgan fingerprint density at radius 3 is 2.67 bits per heavy atom. The number of carbonyl (C=O) groups is 3. The van der Waals surface area contributed by atoms with Crippen LogP contribution in [0, 0.1) is 0 Å². The van der Waals surface area contributed by atoms with Crippen LogP contribution in [0.5, 0.6) is 0 Å². The maximum absolute atomic E-state index is 12.2. The van der Waals surface area contributed by atoms with Gasteiger partial charge < -0.3 is 20.1 Å². The highest BCUT2D eigenvalue weighted by Gasteiger charge is 2.29. The molecule has 0 aromatic heterocycles. The van der Waals surface area contributed by atoms with Gasteiger partial charge in [-0.05, 0) is 32.1 Å².